The predicted octanol–water partition coefficient (Wildman–Crippen LogP) is 4.93. The Kier molecular flexibility index (Phi) is 6.08. The van der Waals surface area contributed by atoms with Crippen LogP contribution in [-0.4, -0.2) is 31.5 Å². The summed E-state index contributed by atoms with van der Waals surface area (Å²) in [5.41, 5.74) is 2.52. The Hall–Kier alpha value is -4.38. The number of rotatable bonds is 7. The molecule has 0 radical (unpaired) electrons. The first kappa shape index (κ1) is 24.3. The lowest BCUT2D eigenvalue weighted by Crippen LogP contribution is -2.29. The molecule has 0 unspecified atom stereocenters. The number of carboxylic acid groups (broad SMARTS) is 1. The van der Waals surface area contributed by atoms with E-state index < -0.39 is 20.9 Å². The summed E-state index contributed by atoms with van der Waals surface area (Å²) in [7, 11) is -2.55. The number of carboxylic acids is 1. The number of nitrogens with zero attached hydrogens (tertiary/aromatic N) is 1. The van der Waals surface area contributed by atoms with Crippen LogP contribution < -0.4 is 14.8 Å². The Balaban J connectivity index is 1.46. The summed E-state index contributed by atoms with van der Waals surface area (Å²) in [5.74, 6) is -0.952. The molecule has 0 amide bonds. The Labute approximate surface area is 212 Å². The normalized spacial score (nSPS) is 19.9. The lowest BCUT2D eigenvalue weighted by atomic mass is 9.77. The van der Waals surface area contributed by atoms with Crippen LogP contribution in [0.15, 0.2) is 77.7 Å². The highest BCUT2D eigenvalue weighted by atomic mass is 32.2. The molecule has 0 saturated heterocycles. The van der Waals surface area contributed by atoms with Gasteiger partial charge in [0.15, 0.2) is 5.75 Å². The van der Waals surface area contributed by atoms with Gasteiger partial charge in [0.25, 0.3) is 10.0 Å². The maximum Gasteiger partial charge on any atom is 0.335 e. The minimum Gasteiger partial charge on any atom is -0.490 e. The molecule has 3 aromatic rings. The van der Waals surface area contributed by atoms with Crippen LogP contribution in [0.25, 0.3) is 0 Å². The maximum atomic E-state index is 13.1. The predicted molar refractivity (Wildman–Crippen MR) is 137 cm³/mol. The largest absolute Gasteiger partial charge is 0.490 e. The van der Waals surface area contributed by atoms with E-state index in [2.05, 4.69) is 10.0 Å². The second-order valence-corrected chi connectivity index (χ2v) is 10.6. The highest BCUT2D eigenvalue weighted by Gasteiger charge is 2.39. The molecule has 5 rings (SSSR count). The van der Waals surface area contributed by atoms with Gasteiger partial charge in [-0.25, -0.2) is 13.2 Å². The standard InChI is InChI=1S/C26H23N3O7S/c1-36-24-12-7-16(13-23(24)29(32)33)25-20-4-2-3-19(20)21-14-18(10-11-22(21)27-25)37(34,35)28-17-8-5-15(6-9-17)26(30)31/h2-3,5-14,19-20,25,27-28H,4H2,1H3,(H,30,31)/t19-,20-,25-/m0/s1. The number of carbonyl (C=O) groups is 1. The summed E-state index contributed by atoms with van der Waals surface area (Å²) in [6, 6.07) is 15.0. The fraction of sp³-hybridized carbons (Fsp3) is 0.192. The molecule has 1 heterocycles. The number of nitro benzene ring substituents is 1. The third kappa shape index (κ3) is 4.49. The molecule has 0 bridgehead atoms. The van der Waals surface area contributed by atoms with Crippen LogP contribution >= 0.6 is 0 Å². The molecule has 1 aliphatic heterocycles. The summed E-state index contributed by atoms with van der Waals surface area (Å²) in [5, 5.41) is 24.1. The first-order valence-corrected chi connectivity index (χ1v) is 12.9. The van der Waals surface area contributed by atoms with Gasteiger partial charge in [-0.3, -0.25) is 14.8 Å². The molecule has 0 fully saturated rings. The monoisotopic (exact) mass is 521 g/mol. The van der Waals surface area contributed by atoms with E-state index in [-0.39, 0.29) is 45.5 Å². The SMILES string of the molecule is COc1ccc([C@@H]2Nc3ccc(S(=O)(=O)Nc4ccc(C(=O)O)cc4)cc3[C@H]3C=CC[C@@H]32)cc1[N+](=O)[O-]. The zero-order valence-electron chi connectivity index (χ0n) is 19.6. The van der Waals surface area contributed by atoms with Gasteiger partial charge in [-0.05, 0) is 72.0 Å². The van der Waals surface area contributed by atoms with Gasteiger partial charge in [0.2, 0.25) is 0 Å². The van der Waals surface area contributed by atoms with Gasteiger partial charge < -0.3 is 15.2 Å². The van der Waals surface area contributed by atoms with Gasteiger partial charge in [0.05, 0.1) is 28.5 Å². The van der Waals surface area contributed by atoms with Crippen molar-refractivity contribution in [1.82, 2.24) is 0 Å². The molecule has 3 N–H and O–H groups in total. The molecule has 37 heavy (non-hydrogen) atoms. The Morgan fingerprint density at radius 1 is 1.14 bits per heavy atom. The number of ether oxygens (including phenoxy) is 1. The molecular weight excluding hydrogens is 498 g/mol. The number of hydrogen-bond acceptors (Lipinski definition) is 7. The van der Waals surface area contributed by atoms with Gasteiger partial charge in [-0.2, -0.15) is 0 Å². The second-order valence-electron chi connectivity index (χ2n) is 8.90. The number of allylic oxidation sites excluding steroid dienone is 2. The number of nitro groups is 1. The molecule has 11 heteroatoms. The van der Waals surface area contributed by atoms with Crippen molar-refractivity contribution in [2.75, 3.05) is 17.1 Å². The highest BCUT2D eigenvalue weighted by molar-refractivity contribution is 7.92. The van der Waals surface area contributed by atoms with E-state index in [0.717, 1.165) is 23.2 Å². The van der Waals surface area contributed by atoms with Gasteiger partial charge in [-0.1, -0.05) is 18.2 Å². The zero-order chi connectivity index (χ0) is 26.3. The molecule has 3 atom stereocenters. The van der Waals surface area contributed by atoms with E-state index >= 15 is 0 Å². The first-order valence-electron chi connectivity index (χ1n) is 11.4. The summed E-state index contributed by atoms with van der Waals surface area (Å²) in [6.45, 7) is 0. The second kappa shape index (κ2) is 9.25. The Morgan fingerprint density at radius 2 is 1.89 bits per heavy atom. The summed E-state index contributed by atoms with van der Waals surface area (Å²) in [6.07, 6.45) is 4.82. The van der Waals surface area contributed by atoms with Crippen molar-refractivity contribution in [3.05, 3.63) is 99.6 Å². The molecule has 0 saturated carbocycles. The van der Waals surface area contributed by atoms with Crippen molar-refractivity contribution in [3.8, 4) is 5.75 Å². The topological polar surface area (TPSA) is 148 Å². The number of benzene rings is 3. The van der Waals surface area contributed by atoms with E-state index in [9.17, 15) is 23.3 Å². The highest BCUT2D eigenvalue weighted by Crippen LogP contribution is 2.51. The van der Waals surface area contributed by atoms with E-state index in [4.69, 9.17) is 9.84 Å². The van der Waals surface area contributed by atoms with Crippen LogP contribution in [0.3, 0.4) is 0 Å². The van der Waals surface area contributed by atoms with Crippen LogP contribution in [0.1, 0.15) is 39.9 Å². The molecule has 2 aliphatic rings. The average molecular weight is 522 g/mol. The van der Waals surface area contributed by atoms with Crippen molar-refractivity contribution in [2.45, 2.75) is 23.3 Å². The minimum atomic E-state index is -3.94. The van der Waals surface area contributed by atoms with Crippen LogP contribution in [-0.2, 0) is 10.0 Å². The van der Waals surface area contributed by atoms with Crippen LogP contribution in [0.2, 0.25) is 0 Å². The van der Waals surface area contributed by atoms with Crippen LogP contribution in [0, 0.1) is 16.0 Å². The lowest BCUT2D eigenvalue weighted by molar-refractivity contribution is -0.385. The van der Waals surface area contributed by atoms with Crippen molar-refractivity contribution in [2.24, 2.45) is 5.92 Å². The van der Waals surface area contributed by atoms with E-state index in [1.165, 1.54) is 43.5 Å². The Bertz CT molecular complexity index is 1530. The zero-order valence-corrected chi connectivity index (χ0v) is 20.4. The van der Waals surface area contributed by atoms with Crippen molar-refractivity contribution in [3.63, 3.8) is 0 Å². The maximum absolute atomic E-state index is 13.1. The minimum absolute atomic E-state index is 0.0370. The molecule has 0 spiro atoms. The summed E-state index contributed by atoms with van der Waals surface area (Å²) in [4.78, 5) is 22.2. The lowest BCUT2D eigenvalue weighted by Gasteiger charge is -2.37. The molecule has 0 aromatic heterocycles. The molecular formula is C26H23N3O7S. The van der Waals surface area contributed by atoms with Crippen LogP contribution in [0.4, 0.5) is 17.1 Å². The van der Waals surface area contributed by atoms with Gasteiger partial charge in [-0.15, -0.1) is 0 Å². The fourth-order valence-corrected chi connectivity index (χ4v) is 6.10. The third-order valence-corrected chi connectivity index (χ3v) is 8.17. The van der Waals surface area contributed by atoms with E-state index in [0.29, 0.717) is 0 Å². The number of nitrogens with one attached hydrogen (secondary N) is 2. The molecule has 3 aromatic carbocycles. The summed E-state index contributed by atoms with van der Waals surface area (Å²) >= 11 is 0. The quantitative estimate of drug-likeness (QED) is 0.225. The Morgan fingerprint density at radius 3 is 2.57 bits per heavy atom. The van der Waals surface area contributed by atoms with Gasteiger partial charge in [0, 0.05) is 23.4 Å². The fourth-order valence-electron chi connectivity index (χ4n) is 5.01. The average Bonchev–Trinajstić information content (AvgIpc) is 3.38. The number of hydrogen-bond donors (Lipinski definition) is 3. The molecule has 1 aliphatic carbocycles. The molecule has 190 valence electrons. The summed E-state index contributed by atoms with van der Waals surface area (Å²) < 4.78 is 33.8. The van der Waals surface area contributed by atoms with E-state index in [1.807, 2.05) is 18.2 Å². The molecule has 10 nitrogen and oxygen atoms in total. The van der Waals surface area contributed by atoms with Crippen molar-refractivity contribution < 1.29 is 28.0 Å². The number of fused-ring (bicyclic) bond motifs is 3. The number of sulfonamides is 1. The smallest absolute Gasteiger partial charge is 0.335 e. The first-order chi connectivity index (χ1) is 17.7. The number of aromatic carboxylic acids is 1. The van der Waals surface area contributed by atoms with Crippen molar-refractivity contribution in [1.29, 1.82) is 0 Å². The van der Waals surface area contributed by atoms with Gasteiger partial charge in [0.1, 0.15) is 0 Å². The number of methoxy groups -OCH3 is 1. The third-order valence-electron chi connectivity index (χ3n) is 6.79. The van der Waals surface area contributed by atoms with Gasteiger partial charge >= 0.3 is 11.7 Å². The number of anilines is 2. The van der Waals surface area contributed by atoms with E-state index in [1.54, 1.807) is 18.2 Å². The van der Waals surface area contributed by atoms with Crippen molar-refractivity contribution >= 4 is 33.1 Å². The van der Waals surface area contributed by atoms with Crippen LogP contribution in [0.5, 0.6) is 5.75 Å².